The Kier molecular flexibility index (Phi) is 7.12. The zero-order valence-electron chi connectivity index (χ0n) is 20.9. The lowest BCUT2D eigenvalue weighted by atomic mass is 9.91. The van der Waals surface area contributed by atoms with Crippen LogP contribution < -0.4 is 11.1 Å². The lowest BCUT2D eigenvalue weighted by Crippen LogP contribution is -2.44. The first-order valence-corrected chi connectivity index (χ1v) is 11.8. The molecule has 4 rings (SSSR count). The normalized spacial score (nSPS) is 20.1. The number of nitrogens with two attached hydrogens (primary N) is 1. The number of hydrogen-bond acceptors (Lipinski definition) is 9. The van der Waals surface area contributed by atoms with Gasteiger partial charge in [0.25, 0.3) is 17.3 Å². The van der Waals surface area contributed by atoms with Gasteiger partial charge in [-0.15, -0.1) is 0 Å². The monoisotopic (exact) mass is 536 g/mol. The fourth-order valence-corrected chi connectivity index (χ4v) is 4.75. The van der Waals surface area contributed by atoms with Gasteiger partial charge in [0.15, 0.2) is 5.60 Å². The Morgan fingerprint density at radius 1 is 1.21 bits per heavy atom. The predicted octanol–water partition coefficient (Wildman–Crippen LogP) is 2.59. The van der Waals surface area contributed by atoms with E-state index in [2.05, 4.69) is 10.5 Å². The molecule has 0 aliphatic carbocycles. The van der Waals surface area contributed by atoms with Crippen LogP contribution >= 0.6 is 0 Å². The van der Waals surface area contributed by atoms with Crippen molar-refractivity contribution in [1.82, 2.24) is 4.90 Å². The summed E-state index contributed by atoms with van der Waals surface area (Å²) < 4.78 is 0. The number of nitrogens with zero attached hydrogens (tertiary/aromatic N) is 4. The van der Waals surface area contributed by atoms with Crippen LogP contribution in [0.15, 0.2) is 53.7 Å². The van der Waals surface area contributed by atoms with E-state index < -0.39 is 44.7 Å². The van der Waals surface area contributed by atoms with Crippen LogP contribution in [0.2, 0.25) is 0 Å². The van der Waals surface area contributed by atoms with Gasteiger partial charge in [0.1, 0.15) is 6.04 Å². The second-order valence-corrected chi connectivity index (χ2v) is 9.27. The van der Waals surface area contributed by atoms with Crippen LogP contribution in [0.5, 0.6) is 0 Å². The van der Waals surface area contributed by atoms with E-state index in [4.69, 9.17) is 10.6 Å². The number of nitro groups is 2. The number of hydrogen-bond donors (Lipinski definition) is 2. The summed E-state index contributed by atoms with van der Waals surface area (Å²) in [5, 5.41) is 29.7. The molecule has 2 aromatic rings. The third-order valence-corrected chi connectivity index (χ3v) is 6.61. The highest BCUT2D eigenvalue weighted by molar-refractivity contribution is 6.05. The molecule has 14 nitrogen and oxygen atoms in total. The molecule has 0 bridgehead atoms. The third-order valence-electron chi connectivity index (χ3n) is 6.61. The first-order chi connectivity index (χ1) is 18.4. The molecule has 1 fully saturated rings. The van der Waals surface area contributed by atoms with Gasteiger partial charge >= 0.3 is 0 Å². The number of carbonyl (C=O) groups excluding carboxylic acids is 3. The first-order valence-electron chi connectivity index (χ1n) is 11.8. The maximum atomic E-state index is 13.6. The molecule has 2 atom stereocenters. The minimum absolute atomic E-state index is 0.00510. The molecule has 2 aromatic carbocycles. The van der Waals surface area contributed by atoms with Crippen molar-refractivity contribution in [2.45, 2.75) is 38.3 Å². The summed E-state index contributed by atoms with van der Waals surface area (Å²) in [6.07, 6.45) is 3.17. The number of oxime groups is 1. The SMILES string of the molecule is C/C=C/C(=O)Nc1cccc(C2=NOC3(C2)C[C@@H](C(N)=O)N(C(=O)c2cc([N+](=O)[O-])cc([N+](=O)[O-])c2C)C3)c1. The van der Waals surface area contributed by atoms with Gasteiger partial charge in [0, 0.05) is 35.7 Å². The molecule has 3 amide bonds. The van der Waals surface area contributed by atoms with Crippen LogP contribution in [-0.4, -0.2) is 56.4 Å². The number of benzene rings is 2. The summed E-state index contributed by atoms with van der Waals surface area (Å²) in [6.45, 7) is 2.88. The Morgan fingerprint density at radius 2 is 1.95 bits per heavy atom. The molecule has 14 heteroatoms. The van der Waals surface area contributed by atoms with Gasteiger partial charge in [-0.25, -0.2) is 0 Å². The molecule has 1 saturated heterocycles. The van der Waals surface area contributed by atoms with Crippen LogP contribution in [0, 0.1) is 27.2 Å². The smallest absolute Gasteiger partial charge is 0.279 e. The molecule has 1 spiro atoms. The maximum Gasteiger partial charge on any atom is 0.279 e. The van der Waals surface area contributed by atoms with Gasteiger partial charge in [0.2, 0.25) is 11.8 Å². The van der Waals surface area contributed by atoms with Crippen molar-refractivity contribution < 1.29 is 29.1 Å². The highest BCUT2D eigenvalue weighted by Crippen LogP contribution is 2.40. The molecule has 0 aromatic heterocycles. The zero-order chi connectivity index (χ0) is 28.5. The van der Waals surface area contributed by atoms with E-state index in [1.165, 1.54) is 13.0 Å². The van der Waals surface area contributed by atoms with Crippen molar-refractivity contribution in [3.8, 4) is 0 Å². The van der Waals surface area contributed by atoms with Crippen LogP contribution in [0.4, 0.5) is 17.1 Å². The van der Waals surface area contributed by atoms with Crippen molar-refractivity contribution in [2.75, 3.05) is 11.9 Å². The van der Waals surface area contributed by atoms with Crippen LogP contribution in [0.25, 0.3) is 0 Å². The summed E-state index contributed by atoms with van der Waals surface area (Å²) >= 11 is 0. The Morgan fingerprint density at radius 3 is 2.59 bits per heavy atom. The zero-order valence-corrected chi connectivity index (χ0v) is 20.9. The van der Waals surface area contributed by atoms with Crippen molar-refractivity contribution in [1.29, 1.82) is 0 Å². The van der Waals surface area contributed by atoms with Crippen molar-refractivity contribution in [3.05, 3.63) is 85.5 Å². The van der Waals surface area contributed by atoms with Crippen molar-refractivity contribution >= 4 is 40.5 Å². The van der Waals surface area contributed by atoms with Crippen LogP contribution in [0.1, 0.15) is 41.3 Å². The summed E-state index contributed by atoms with van der Waals surface area (Å²) in [4.78, 5) is 65.9. The highest BCUT2D eigenvalue weighted by Gasteiger charge is 2.53. The number of nitro benzene ring substituents is 2. The number of nitrogens with one attached hydrogen (secondary N) is 1. The summed E-state index contributed by atoms with van der Waals surface area (Å²) in [6, 6.07) is 7.48. The molecule has 3 N–H and O–H groups in total. The average molecular weight is 537 g/mol. The average Bonchev–Trinajstić information content (AvgIpc) is 3.47. The van der Waals surface area contributed by atoms with Gasteiger partial charge in [0.05, 0.1) is 33.7 Å². The topological polar surface area (TPSA) is 200 Å². The number of amides is 3. The Hall–Kier alpha value is -5.14. The van der Waals surface area contributed by atoms with E-state index in [1.807, 2.05) is 0 Å². The van der Waals surface area contributed by atoms with Crippen molar-refractivity contribution in [2.24, 2.45) is 10.9 Å². The molecular weight excluding hydrogens is 512 g/mol. The van der Waals surface area contributed by atoms with E-state index >= 15 is 0 Å². The van der Waals surface area contributed by atoms with Gasteiger partial charge in [-0.05, 0) is 32.1 Å². The molecule has 202 valence electrons. The standard InChI is InChI=1S/C25H24N6O8/c1-3-5-22(32)27-16-7-4-6-15(8-16)19-11-25(39-28-19)12-21(23(26)33)29(13-25)24(34)18-9-17(30(35)36)10-20(14(18)2)31(37)38/h3-10,21H,11-13H2,1-2H3,(H2,26,33)(H,27,32)/b5-3+/t21-,25?/m0/s1. The predicted molar refractivity (Wildman–Crippen MR) is 138 cm³/mol. The lowest BCUT2D eigenvalue weighted by molar-refractivity contribution is -0.394. The number of anilines is 1. The Labute approximate surface area is 221 Å². The molecule has 39 heavy (non-hydrogen) atoms. The minimum Gasteiger partial charge on any atom is -0.387 e. The fraction of sp³-hybridized carbons (Fsp3) is 0.280. The Balaban J connectivity index is 1.61. The molecule has 2 aliphatic rings. The number of allylic oxidation sites excluding steroid dienone is 1. The number of likely N-dealkylation sites (tertiary alicyclic amines) is 1. The largest absolute Gasteiger partial charge is 0.387 e. The fourth-order valence-electron chi connectivity index (χ4n) is 4.75. The van der Waals surface area contributed by atoms with E-state index in [1.54, 1.807) is 37.3 Å². The van der Waals surface area contributed by atoms with Crippen LogP contribution in [0.3, 0.4) is 0 Å². The quantitative estimate of drug-likeness (QED) is 0.305. The van der Waals surface area contributed by atoms with E-state index in [0.717, 1.165) is 17.0 Å². The van der Waals surface area contributed by atoms with Gasteiger partial charge in [-0.3, -0.25) is 34.6 Å². The molecule has 1 unspecified atom stereocenters. The number of non-ortho nitro benzene ring substituents is 1. The first kappa shape index (κ1) is 26.9. The molecular formula is C25H24N6O8. The molecule has 0 radical (unpaired) electrons. The van der Waals surface area contributed by atoms with Crippen LogP contribution in [-0.2, 0) is 14.4 Å². The summed E-state index contributed by atoms with van der Waals surface area (Å²) in [5.74, 6) is -1.96. The molecule has 2 aliphatic heterocycles. The Bertz CT molecular complexity index is 1470. The summed E-state index contributed by atoms with van der Waals surface area (Å²) in [5.41, 5.74) is 4.57. The summed E-state index contributed by atoms with van der Waals surface area (Å²) in [7, 11) is 0. The number of carbonyl (C=O) groups is 3. The lowest BCUT2D eigenvalue weighted by Gasteiger charge is -2.23. The second kappa shape index (κ2) is 10.3. The van der Waals surface area contributed by atoms with Gasteiger partial charge in [-0.1, -0.05) is 23.4 Å². The number of primary amides is 1. The minimum atomic E-state index is -1.14. The maximum absolute atomic E-state index is 13.6. The molecule has 2 heterocycles. The van der Waals surface area contributed by atoms with Crippen molar-refractivity contribution in [3.63, 3.8) is 0 Å². The van der Waals surface area contributed by atoms with Gasteiger partial charge < -0.3 is 20.8 Å². The molecule has 0 saturated carbocycles. The second-order valence-electron chi connectivity index (χ2n) is 9.27. The number of rotatable bonds is 7. The van der Waals surface area contributed by atoms with E-state index in [-0.39, 0.29) is 36.4 Å². The van der Waals surface area contributed by atoms with Gasteiger partial charge in [-0.2, -0.15) is 0 Å². The van der Waals surface area contributed by atoms with E-state index in [9.17, 15) is 34.6 Å². The van der Waals surface area contributed by atoms with E-state index in [0.29, 0.717) is 17.0 Å². The highest BCUT2D eigenvalue weighted by atomic mass is 16.7. The third kappa shape index (κ3) is 5.30.